The monoisotopic (exact) mass is 249 g/mol. The molecule has 19 heavy (non-hydrogen) atoms. The number of aromatic amines is 1. The Hall–Kier alpha value is -2.16. The fourth-order valence-electron chi connectivity index (χ4n) is 2.58. The Kier molecular flexibility index (Phi) is 2.37. The van der Waals surface area contributed by atoms with Gasteiger partial charge in [0.1, 0.15) is 5.65 Å². The van der Waals surface area contributed by atoms with Crippen LogP contribution in [0.5, 0.6) is 0 Å². The van der Waals surface area contributed by atoms with Crippen LogP contribution >= 0.6 is 0 Å². The Morgan fingerprint density at radius 3 is 3.00 bits per heavy atom. The highest BCUT2D eigenvalue weighted by atomic mass is 14.8. The number of nitrogens with zero attached hydrogens (tertiary/aromatic N) is 2. The molecule has 3 aromatic rings. The molecule has 1 fully saturated rings. The second-order valence-corrected chi connectivity index (χ2v) is 5.29. The molecule has 94 valence electrons. The quantitative estimate of drug-likeness (QED) is 0.772. The van der Waals surface area contributed by atoms with E-state index in [2.05, 4.69) is 33.3 Å². The molecule has 0 amide bonds. The van der Waals surface area contributed by atoms with Crippen LogP contribution in [0.4, 0.5) is 0 Å². The average molecular weight is 249 g/mol. The first-order valence-corrected chi connectivity index (χ1v) is 6.75. The third-order valence-corrected chi connectivity index (χ3v) is 3.80. The fourth-order valence-corrected chi connectivity index (χ4v) is 2.58. The molecule has 0 bridgehead atoms. The van der Waals surface area contributed by atoms with Gasteiger partial charge in [-0.1, -0.05) is 6.07 Å². The summed E-state index contributed by atoms with van der Waals surface area (Å²) in [6.07, 6.45) is 11.4. The standard InChI is InChI=1S/C16H15N3/c1-2-11(8-17-5-1)6-14-10-19-16-15(14)7-13(9-18-16)12-3-4-12/h1-2,5,7-10,12H,3-4,6H2,(H,18,19). The van der Waals surface area contributed by atoms with Crippen molar-refractivity contribution in [2.45, 2.75) is 25.2 Å². The lowest BCUT2D eigenvalue weighted by atomic mass is 10.0. The van der Waals surface area contributed by atoms with Crippen LogP contribution in [-0.4, -0.2) is 15.0 Å². The minimum atomic E-state index is 0.748. The second-order valence-electron chi connectivity index (χ2n) is 5.29. The Balaban J connectivity index is 1.74. The van der Waals surface area contributed by atoms with Crippen molar-refractivity contribution in [2.24, 2.45) is 0 Å². The molecule has 1 aliphatic carbocycles. The summed E-state index contributed by atoms with van der Waals surface area (Å²) in [5, 5.41) is 1.26. The van der Waals surface area contributed by atoms with Crippen LogP contribution in [0, 0.1) is 0 Å². The summed E-state index contributed by atoms with van der Waals surface area (Å²) in [4.78, 5) is 12.0. The summed E-state index contributed by atoms with van der Waals surface area (Å²) in [5.74, 6) is 0.748. The first-order chi connectivity index (χ1) is 9.40. The van der Waals surface area contributed by atoms with Crippen molar-refractivity contribution in [3.8, 4) is 0 Å². The van der Waals surface area contributed by atoms with Gasteiger partial charge in [0.05, 0.1) is 0 Å². The van der Waals surface area contributed by atoms with E-state index >= 15 is 0 Å². The summed E-state index contributed by atoms with van der Waals surface area (Å²) < 4.78 is 0. The molecule has 1 saturated carbocycles. The molecule has 0 radical (unpaired) electrons. The molecule has 1 aliphatic rings. The van der Waals surface area contributed by atoms with Crippen LogP contribution in [-0.2, 0) is 6.42 Å². The highest BCUT2D eigenvalue weighted by Gasteiger charge is 2.24. The van der Waals surface area contributed by atoms with E-state index in [4.69, 9.17) is 0 Å². The van der Waals surface area contributed by atoms with Crippen LogP contribution in [0.2, 0.25) is 0 Å². The Morgan fingerprint density at radius 2 is 2.21 bits per heavy atom. The van der Waals surface area contributed by atoms with E-state index in [0.29, 0.717) is 0 Å². The highest BCUT2D eigenvalue weighted by Crippen LogP contribution is 2.40. The van der Waals surface area contributed by atoms with Crippen molar-refractivity contribution in [3.05, 3.63) is 59.7 Å². The number of hydrogen-bond acceptors (Lipinski definition) is 2. The maximum atomic E-state index is 4.53. The molecule has 0 spiro atoms. The van der Waals surface area contributed by atoms with E-state index in [-0.39, 0.29) is 0 Å². The van der Waals surface area contributed by atoms with Gasteiger partial charge in [-0.2, -0.15) is 0 Å². The second kappa shape index (κ2) is 4.19. The van der Waals surface area contributed by atoms with Gasteiger partial charge in [-0.3, -0.25) is 4.98 Å². The molecule has 3 aromatic heterocycles. The lowest BCUT2D eigenvalue weighted by molar-refractivity contribution is 1.10. The molecular formula is C16H15N3. The summed E-state index contributed by atoms with van der Waals surface area (Å²) >= 11 is 0. The first-order valence-electron chi connectivity index (χ1n) is 6.75. The molecule has 0 saturated heterocycles. The SMILES string of the molecule is c1cncc(Cc2c[nH]c3ncc(C4CC4)cc23)c1. The third kappa shape index (κ3) is 2.01. The van der Waals surface area contributed by atoms with Crippen molar-refractivity contribution in [3.63, 3.8) is 0 Å². The first kappa shape index (κ1) is 10.7. The molecule has 3 heterocycles. The highest BCUT2D eigenvalue weighted by molar-refractivity contribution is 5.80. The van der Waals surface area contributed by atoms with Crippen LogP contribution in [0.1, 0.15) is 35.4 Å². The number of H-pyrrole nitrogens is 1. The predicted molar refractivity (Wildman–Crippen MR) is 75.1 cm³/mol. The fraction of sp³-hybridized carbons (Fsp3) is 0.250. The lowest BCUT2D eigenvalue weighted by Crippen LogP contribution is -1.89. The zero-order valence-corrected chi connectivity index (χ0v) is 10.6. The van der Waals surface area contributed by atoms with E-state index in [1.54, 1.807) is 0 Å². The van der Waals surface area contributed by atoms with Gasteiger partial charge in [0.25, 0.3) is 0 Å². The summed E-state index contributed by atoms with van der Waals surface area (Å²) in [7, 11) is 0. The van der Waals surface area contributed by atoms with Gasteiger partial charge in [0.2, 0.25) is 0 Å². The molecule has 1 N–H and O–H groups in total. The topological polar surface area (TPSA) is 41.6 Å². The summed E-state index contributed by atoms with van der Waals surface area (Å²) in [6, 6.07) is 6.41. The van der Waals surface area contributed by atoms with Crippen molar-refractivity contribution in [2.75, 3.05) is 0 Å². The minimum Gasteiger partial charge on any atom is -0.346 e. The van der Waals surface area contributed by atoms with Gasteiger partial charge in [0.15, 0.2) is 0 Å². The van der Waals surface area contributed by atoms with Crippen molar-refractivity contribution in [1.29, 1.82) is 0 Å². The molecule has 4 rings (SSSR count). The van der Waals surface area contributed by atoms with Gasteiger partial charge in [-0.15, -0.1) is 0 Å². The third-order valence-electron chi connectivity index (χ3n) is 3.80. The molecule has 0 unspecified atom stereocenters. The lowest BCUT2D eigenvalue weighted by Gasteiger charge is -2.01. The van der Waals surface area contributed by atoms with Gasteiger partial charge in [-0.05, 0) is 47.6 Å². The Bertz CT molecular complexity index is 711. The van der Waals surface area contributed by atoms with E-state index < -0.39 is 0 Å². The maximum Gasteiger partial charge on any atom is 0.137 e. The van der Waals surface area contributed by atoms with Crippen molar-refractivity contribution >= 4 is 11.0 Å². The van der Waals surface area contributed by atoms with Gasteiger partial charge in [0, 0.05) is 36.6 Å². The van der Waals surface area contributed by atoms with Gasteiger partial charge < -0.3 is 4.98 Å². The van der Waals surface area contributed by atoms with E-state index in [9.17, 15) is 0 Å². The molecule has 0 aromatic carbocycles. The predicted octanol–water partition coefficient (Wildman–Crippen LogP) is 3.43. The number of nitrogens with one attached hydrogen (secondary N) is 1. The summed E-state index contributed by atoms with van der Waals surface area (Å²) in [5.41, 5.74) is 4.92. The van der Waals surface area contributed by atoms with E-state index in [1.807, 2.05) is 24.7 Å². The number of pyridine rings is 2. The van der Waals surface area contributed by atoms with Gasteiger partial charge in [-0.25, -0.2) is 4.98 Å². The normalized spacial score (nSPS) is 14.9. The number of hydrogen-bond donors (Lipinski definition) is 1. The molecule has 3 nitrogen and oxygen atoms in total. The number of fused-ring (bicyclic) bond motifs is 1. The smallest absolute Gasteiger partial charge is 0.137 e. The van der Waals surface area contributed by atoms with E-state index in [1.165, 1.54) is 34.9 Å². The summed E-state index contributed by atoms with van der Waals surface area (Å²) in [6.45, 7) is 0. The zero-order valence-electron chi connectivity index (χ0n) is 10.6. The zero-order chi connectivity index (χ0) is 12.7. The Morgan fingerprint density at radius 1 is 1.26 bits per heavy atom. The van der Waals surface area contributed by atoms with Crippen LogP contribution in [0.15, 0.2) is 43.0 Å². The largest absolute Gasteiger partial charge is 0.346 e. The van der Waals surface area contributed by atoms with Crippen LogP contribution in [0.3, 0.4) is 0 Å². The molecule has 0 atom stereocenters. The molecular weight excluding hydrogens is 234 g/mol. The van der Waals surface area contributed by atoms with Crippen LogP contribution in [0.25, 0.3) is 11.0 Å². The van der Waals surface area contributed by atoms with E-state index in [0.717, 1.165) is 18.0 Å². The number of rotatable bonds is 3. The van der Waals surface area contributed by atoms with Gasteiger partial charge >= 0.3 is 0 Å². The van der Waals surface area contributed by atoms with Crippen LogP contribution < -0.4 is 0 Å². The molecule has 0 aliphatic heterocycles. The van der Waals surface area contributed by atoms with Crippen molar-refractivity contribution in [1.82, 2.24) is 15.0 Å². The Labute approximate surface area is 111 Å². The maximum absolute atomic E-state index is 4.53. The molecule has 3 heteroatoms. The minimum absolute atomic E-state index is 0.748. The number of aromatic nitrogens is 3. The van der Waals surface area contributed by atoms with Crippen molar-refractivity contribution < 1.29 is 0 Å². The average Bonchev–Trinajstić information content (AvgIpc) is 3.23.